The molecule has 21 heavy (non-hydrogen) atoms. The van der Waals surface area contributed by atoms with E-state index in [2.05, 4.69) is 56.9 Å². The Hall–Kier alpha value is -0.380. The number of nitrogens with zero attached hydrogens (tertiary/aromatic N) is 2. The molecule has 0 amide bonds. The SMILES string of the molecule is C[C@H]1CCC[C@@H](N2CCN(Cc3cccc(Br)c3)CC2)C1. The van der Waals surface area contributed by atoms with Crippen molar-refractivity contribution in [3.05, 3.63) is 34.3 Å². The van der Waals surface area contributed by atoms with Crippen molar-refractivity contribution in [2.45, 2.75) is 45.2 Å². The summed E-state index contributed by atoms with van der Waals surface area (Å²) in [5, 5.41) is 0. The zero-order valence-electron chi connectivity index (χ0n) is 13.1. The van der Waals surface area contributed by atoms with Crippen LogP contribution in [0.3, 0.4) is 0 Å². The molecule has 2 aliphatic rings. The summed E-state index contributed by atoms with van der Waals surface area (Å²) in [4.78, 5) is 5.36. The van der Waals surface area contributed by atoms with Crippen LogP contribution in [0.4, 0.5) is 0 Å². The van der Waals surface area contributed by atoms with E-state index < -0.39 is 0 Å². The molecule has 116 valence electrons. The summed E-state index contributed by atoms with van der Waals surface area (Å²) in [6.07, 6.45) is 5.73. The Morgan fingerprint density at radius 3 is 2.67 bits per heavy atom. The average Bonchev–Trinajstić information content (AvgIpc) is 2.48. The molecule has 0 radical (unpaired) electrons. The fourth-order valence-electron chi connectivity index (χ4n) is 3.91. The summed E-state index contributed by atoms with van der Waals surface area (Å²) in [6.45, 7) is 8.47. The van der Waals surface area contributed by atoms with Gasteiger partial charge in [0.1, 0.15) is 0 Å². The lowest BCUT2D eigenvalue weighted by atomic mass is 9.86. The van der Waals surface area contributed by atoms with Crippen molar-refractivity contribution in [3.8, 4) is 0 Å². The lowest BCUT2D eigenvalue weighted by Gasteiger charge is -2.42. The van der Waals surface area contributed by atoms with Crippen molar-refractivity contribution in [2.75, 3.05) is 26.2 Å². The van der Waals surface area contributed by atoms with Gasteiger partial charge in [-0.3, -0.25) is 9.80 Å². The van der Waals surface area contributed by atoms with Crippen molar-refractivity contribution in [2.24, 2.45) is 5.92 Å². The van der Waals surface area contributed by atoms with Gasteiger partial charge in [0.05, 0.1) is 0 Å². The molecule has 2 nitrogen and oxygen atoms in total. The molecule has 2 fully saturated rings. The summed E-state index contributed by atoms with van der Waals surface area (Å²) in [6, 6.07) is 9.58. The molecule has 2 atom stereocenters. The predicted molar refractivity (Wildman–Crippen MR) is 92.4 cm³/mol. The molecule has 1 saturated carbocycles. The van der Waals surface area contributed by atoms with Gasteiger partial charge in [0.15, 0.2) is 0 Å². The maximum atomic E-state index is 3.57. The van der Waals surface area contributed by atoms with E-state index in [4.69, 9.17) is 0 Å². The third-order valence-electron chi connectivity index (χ3n) is 5.13. The first-order chi connectivity index (χ1) is 10.2. The first-order valence-electron chi connectivity index (χ1n) is 8.41. The number of piperazine rings is 1. The van der Waals surface area contributed by atoms with E-state index in [-0.39, 0.29) is 0 Å². The van der Waals surface area contributed by atoms with Gasteiger partial charge in [-0.15, -0.1) is 0 Å². The second-order valence-corrected chi connectivity index (χ2v) is 7.78. The van der Waals surface area contributed by atoms with Crippen LogP contribution in [0.5, 0.6) is 0 Å². The Bertz CT molecular complexity index is 454. The number of halogens is 1. The summed E-state index contributed by atoms with van der Waals surface area (Å²) in [7, 11) is 0. The van der Waals surface area contributed by atoms with E-state index in [9.17, 15) is 0 Å². The van der Waals surface area contributed by atoms with Gasteiger partial charge in [0.2, 0.25) is 0 Å². The predicted octanol–water partition coefficient (Wildman–Crippen LogP) is 4.15. The van der Waals surface area contributed by atoms with Crippen molar-refractivity contribution in [3.63, 3.8) is 0 Å². The van der Waals surface area contributed by atoms with Crippen LogP contribution < -0.4 is 0 Å². The molecule has 3 heteroatoms. The van der Waals surface area contributed by atoms with Gasteiger partial charge in [-0.25, -0.2) is 0 Å². The highest BCUT2D eigenvalue weighted by Gasteiger charge is 2.27. The van der Waals surface area contributed by atoms with Gasteiger partial charge < -0.3 is 0 Å². The Morgan fingerprint density at radius 2 is 1.95 bits per heavy atom. The fourth-order valence-corrected chi connectivity index (χ4v) is 4.36. The van der Waals surface area contributed by atoms with Crippen LogP contribution in [0, 0.1) is 5.92 Å². The van der Waals surface area contributed by atoms with Crippen molar-refractivity contribution in [1.29, 1.82) is 0 Å². The van der Waals surface area contributed by atoms with Crippen LogP contribution in [0.1, 0.15) is 38.2 Å². The molecule has 0 bridgehead atoms. The Balaban J connectivity index is 1.48. The highest BCUT2D eigenvalue weighted by molar-refractivity contribution is 9.10. The molecule has 0 N–H and O–H groups in total. The smallest absolute Gasteiger partial charge is 0.0235 e. The molecule has 0 unspecified atom stereocenters. The number of hydrogen-bond donors (Lipinski definition) is 0. The normalized spacial score (nSPS) is 28.7. The van der Waals surface area contributed by atoms with Gasteiger partial charge in [-0.2, -0.15) is 0 Å². The lowest BCUT2D eigenvalue weighted by Crippen LogP contribution is -2.50. The molecule has 1 heterocycles. The molecule has 1 saturated heterocycles. The van der Waals surface area contributed by atoms with E-state index >= 15 is 0 Å². The maximum absolute atomic E-state index is 3.57. The van der Waals surface area contributed by atoms with Gasteiger partial charge >= 0.3 is 0 Å². The van der Waals surface area contributed by atoms with Crippen LogP contribution >= 0.6 is 15.9 Å². The van der Waals surface area contributed by atoms with Crippen LogP contribution in [0.15, 0.2) is 28.7 Å². The highest BCUT2D eigenvalue weighted by atomic mass is 79.9. The number of rotatable bonds is 3. The van der Waals surface area contributed by atoms with Gasteiger partial charge in [0, 0.05) is 43.2 Å². The van der Waals surface area contributed by atoms with Crippen molar-refractivity contribution < 1.29 is 0 Å². The van der Waals surface area contributed by atoms with E-state index in [1.54, 1.807) is 0 Å². The Labute approximate surface area is 137 Å². The second-order valence-electron chi connectivity index (χ2n) is 6.87. The molecule has 1 aromatic carbocycles. The van der Waals surface area contributed by atoms with E-state index in [1.165, 1.54) is 61.9 Å². The summed E-state index contributed by atoms with van der Waals surface area (Å²) in [5.74, 6) is 0.934. The fraction of sp³-hybridized carbons (Fsp3) is 0.667. The quantitative estimate of drug-likeness (QED) is 0.807. The van der Waals surface area contributed by atoms with Crippen molar-refractivity contribution >= 4 is 15.9 Å². The lowest BCUT2D eigenvalue weighted by molar-refractivity contribution is 0.0659. The van der Waals surface area contributed by atoms with E-state index in [0.29, 0.717) is 0 Å². The largest absolute Gasteiger partial charge is 0.298 e. The highest BCUT2D eigenvalue weighted by Crippen LogP contribution is 2.28. The molecular weight excluding hydrogens is 324 g/mol. The standard InChI is InChI=1S/C18H27BrN2/c1-15-4-2-7-18(12-15)21-10-8-20(9-11-21)14-16-5-3-6-17(19)13-16/h3,5-6,13,15,18H,2,4,7-12,14H2,1H3/t15-,18+/m0/s1. The first kappa shape index (κ1) is 15.5. The minimum atomic E-state index is 0.863. The van der Waals surface area contributed by atoms with Crippen molar-refractivity contribution in [1.82, 2.24) is 9.80 Å². The number of benzene rings is 1. The molecule has 3 rings (SSSR count). The average molecular weight is 351 g/mol. The van der Waals surface area contributed by atoms with Gasteiger partial charge in [-0.05, 0) is 36.5 Å². The minimum absolute atomic E-state index is 0.863. The minimum Gasteiger partial charge on any atom is -0.298 e. The van der Waals surface area contributed by atoms with Crippen LogP contribution in [-0.2, 0) is 6.54 Å². The topological polar surface area (TPSA) is 6.48 Å². The molecule has 1 aromatic rings. The third-order valence-corrected chi connectivity index (χ3v) is 5.62. The summed E-state index contributed by atoms with van der Waals surface area (Å²) < 4.78 is 1.19. The zero-order valence-corrected chi connectivity index (χ0v) is 14.7. The molecular formula is C18H27BrN2. The van der Waals surface area contributed by atoms with Crippen LogP contribution in [0.25, 0.3) is 0 Å². The summed E-state index contributed by atoms with van der Waals surface area (Å²) in [5.41, 5.74) is 1.42. The monoisotopic (exact) mass is 350 g/mol. The van der Waals surface area contributed by atoms with E-state index in [0.717, 1.165) is 18.5 Å². The third kappa shape index (κ3) is 4.30. The van der Waals surface area contributed by atoms with Gasteiger partial charge in [-0.1, -0.05) is 47.8 Å². The summed E-state index contributed by atoms with van der Waals surface area (Å²) >= 11 is 3.57. The molecule has 0 aromatic heterocycles. The Morgan fingerprint density at radius 1 is 1.14 bits per heavy atom. The maximum Gasteiger partial charge on any atom is 0.0235 e. The van der Waals surface area contributed by atoms with E-state index in [1.807, 2.05) is 0 Å². The van der Waals surface area contributed by atoms with Gasteiger partial charge in [0.25, 0.3) is 0 Å². The molecule has 1 aliphatic heterocycles. The second kappa shape index (κ2) is 7.26. The first-order valence-corrected chi connectivity index (χ1v) is 9.21. The molecule has 0 spiro atoms. The molecule has 1 aliphatic carbocycles. The Kier molecular flexibility index (Phi) is 5.36. The zero-order chi connectivity index (χ0) is 14.7. The number of hydrogen-bond acceptors (Lipinski definition) is 2. The van der Waals surface area contributed by atoms with Crippen LogP contribution in [-0.4, -0.2) is 42.0 Å². The van der Waals surface area contributed by atoms with Crippen LogP contribution in [0.2, 0.25) is 0 Å².